The first-order valence-electron chi connectivity index (χ1n) is 5.46. The van der Waals surface area contributed by atoms with E-state index in [2.05, 4.69) is 6.07 Å². The van der Waals surface area contributed by atoms with Crippen molar-refractivity contribution in [3.63, 3.8) is 0 Å². The Morgan fingerprint density at radius 2 is 1.80 bits per heavy atom. The summed E-state index contributed by atoms with van der Waals surface area (Å²) in [6.07, 6.45) is 4.94. The van der Waals surface area contributed by atoms with Gasteiger partial charge in [0, 0.05) is 5.02 Å². The summed E-state index contributed by atoms with van der Waals surface area (Å²) in [5.41, 5.74) is 1.12. The second-order valence-corrected chi connectivity index (χ2v) is 4.64. The zero-order valence-electron chi connectivity index (χ0n) is 8.62. The minimum absolute atomic E-state index is 0.0600. The van der Waals surface area contributed by atoms with Crippen molar-refractivity contribution in [3.05, 3.63) is 34.9 Å². The lowest BCUT2D eigenvalue weighted by Gasteiger charge is -2.16. The Balaban J connectivity index is 2.19. The topological polar surface area (TPSA) is 23.8 Å². The van der Waals surface area contributed by atoms with Crippen molar-refractivity contribution in [2.45, 2.75) is 31.6 Å². The van der Waals surface area contributed by atoms with E-state index in [-0.39, 0.29) is 5.92 Å². The van der Waals surface area contributed by atoms with Crippen molar-refractivity contribution in [1.82, 2.24) is 0 Å². The maximum absolute atomic E-state index is 9.23. The van der Waals surface area contributed by atoms with Gasteiger partial charge in [-0.3, -0.25) is 0 Å². The van der Waals surface area contributed by atoms with Gasteiger partial charge < -0.3 is 0 Å². The lowest BCUT2D eigenvalue weighted by molar-refractivity contribution is 0.501. The second-order valence-electron chi connectivity index (χ2n) is 4.20. The van der Waals surface area contributed by atoms with Crippen LogP contribution in [0.25, 0.3) is 0 Å². The van der Waals surface area contributed by atoms with Gasteiger partial charge in [-0.25, -0.2) is 0 Å². The van der Waals surface area contributed by atoms with E-state index < -0.39 is 0 Å². The van der Waals surface area contributed by atoms with Gasteiger partial charge in [0.2, 0.25) is 0 Å². The van der Waals surface area contributed by atoms with Crippen LogP contribution in [-0.2, 0) is 0 Å². The zero-order valence-corrected chi connectivity index (χ0v) is 9.37. The van der Waals surface area contributed by atoms with Crippen molar-refractivity contribution in [2.75, 3.05) is 0 Å². The van der Waals surface area contributed by atoms with Crippen LogP contribution in [0.5, 0.6) is 0 Å². The molecule has 0 saturated heterocycles. The number of nitriles is 1. The molecule has 2 heteroatoms. The third-order valence-corrected chi connectivity index (χ3v) is 3.49. The molecule has 1 aromatic carbocycles. The third kappa shape index (κ3) is 2.33. The Bertz CT molecular complexity index is 357. The molecule has 0 aromatic heterocycles. The molecule has 2 rings (SSSR count). The lowest BCUT2D eigenvalue weighted by Crippen LogP contribution is -2.07. The molecule has 1 fully saturated rings. The highest BCUT2D eigenvalue weighted by Crippen LogP contribution is 2.37. The maximum atomic E-state index is 9.23. The van der Waals surface area contributed by atoms with Crippen LogP contribution >= 0.6 is 11.6 Å². The summed E-state index contributed by atoms with van der Waals surface area (Å²) in [6, 6.07) is 10.1. The Morgan fingerprint density at radius 3 is 2.33 bits per heavy atom. The van der Waals surface area contributed by atoms with Gasteiger partial charge in [0.05, 0.1) is 12.0 Å². The number of hydrogen-bond donors (Lipinski definition) is 0. The summed E-state index contributed by atoms with van der Waals surface area (Å²) < 4.78 is 0. The van der Waals surface area contributed by atoms with Gasteiger partial charge in [0.25, 0.3) is 0 Å². The highest BCUT2D eigenvalue weighted by Gasteiger charge is 2.25. The Kier molecular flexibility index (Phi) is 3.28. The first kappa shape index (κ1) is 10.5. The highest BCUT2D eigenvalue weighted by molar-refractivity contribution is 6.30. The average molecular weight is 220 g/mol. The van der Waals surface area contributed by atoms with E-state index >= 15 is 0 Å². The molecule has 78 valence electrons. The molecule has 1 nitrogen and oxygen atoms in total. The molecule has 1 saturated carbocycles. The number of rotatable bonds is 2. The number of halogens is 1. The summed E-state index contributed by atoms with van der Waals surface area (Å²) in [5.74, 6) is 0.612. The first-order valence-corrected chi connectivity index (χ1v) is 5.84. The molecule has 0 aliphatic heterocycles. The van der Waals surface area contributed by atoms with E-state index in [1.807, 2.05) is 24.3 Å². The summed E-state index contributed by atoms with van der Waals surface area (Å²) in [7, 11) is 0. The maximum Gasteiger partial charge on any atom is 0.0740 e. The summed E-state index contributed by atoms with van der Waals surface area (Å²) >= 11 is 5.84. The molecule has 0 radical (unpaired) electrons. The Labute approximate surface area is 95.7 Å². The fraction of sp³-hybridized carbons (Fsp3) is 0.462. The monoisotopic (exact) mass is 219 g/mol. The van der Waals surface area contributed by atoms with Gasteiger partial charge >= 0.3 is 0 Å². The standard InChI is InChI=1S/C13H14ClN/c14-12-7-5-11(6-8-12)13(9-15)10-3-1-2-4-10/h5-8,10,13H,1-4H2/t13-/m0/s1. The SMILES string of the molecule is N#C[C@H](c1ccc(Cl)cc1)C1CCCC1. The van der Waals surface area contributed by atoms with Crippen LogP contribution in [0.2, 0.25) is 5.02 Å². The minimum Gasteiger partial charge on any atom is -0.198 e. The normalized spacial score (nSPS) is 18.7. The van der Waals surface area contributed by atoms with E-state index in [9.17, 15) is 5.26 Å². The molecule has 0 N–H and O–H groups in total. The molecule has 1 aromatic rings. The molecule has 0 spiro atoms. The molecule has 1 atom stereocenters. The largest absolute Gasteiger partial charge is 0.198 e. The predicted octanol–water partition coefficient (Wildman–Crippen LogP) is 4.14. The van der Waals surface area contributed by atoms with Gasteiger partial charge in [0.1, 0.15) is 0 Å². The average Bonchev–Trinajstić information content (AvgIpc) is 2.75. The molecule has 1 aliphatic rings. The summed E-state index contributed by atoms with van der Waals surface area (Å²) in [5, 5.41) is 9.96. The number of nitrogens with zero attached hydrogens (tertiary/aromatic N) is 1. The Morgan fingerprint density at radius 1 is 1.20 bits per heavy atom. The van der Waals surface area contributed by atoms with Gasteiger partial charge in [0.15, 0.2) is 0 Å². The van der Waals surface area contributed by atoms with E-state index in [1.54, 1.807) is 0 Å². The molecule has 15 heavy (non-hydrogen) atoms. The van der Waals surface area contributed by atoms with Crippen LogP contribution in [0.1, 0.15) is 37.2 Å². The van der Waals surface area contributed by atoms with Crippen LogP contribution in [-0.4, -0.2) is 0 Å². The van der Waals surface area contributed by atoms with Crippen molar-refractivity contribution in [1.29, 1.82) is 5.26 Å². The quantitative estimate of drug-likeness (QED) is 0.734. The Hall–Kier alpha value is -1.00. The van der Waals surface area contributed by atoms with E-state index in [1.165, 1.54) is 25.7 Å². The zero-order chi connectivity index (χ0) is 10.7. The van der Waals surface area contributed by atoms with Crippen molar-refractivity contribution in [2.24, 2.45) is 5.92 Å². The van der Waals surface area contributed by atoms with E-state index in [0.717, 1.165) is 10.6 Å². The van der Waals surface area contributed by atoms with Crippen LogP contribution in [0.15, 0.2) is 24.3 Å². The molecule has 0 amide bonds. The highest BCUT2D eigenvalue weighted by atomic mass is 35.5. The van der Waals surface area contributed by atoms with Gasteiger partial charge in [-0.15, -0.1) is 0 Å². The van der Waals surface area contributed by atoms with Gasteiger partial charge in [-0.1, -0.05) is 36.6 Å². The van der Waals surface area contributed by atoms with Crippen molar-refractivity contribution >= 4 is 11.6 Å². The van der Waals surface area contributed by atoms with E-state index in [0.29, 0.717) is 5.92 Å². The third-order valence-electron chi connectivity index (χ3n) is 3.24. The van der Waals surface area contributed by atoms with Crippen LogP contribution < -0.4 is 0 Å². The fourth-order valence-corrected chi connectivity index (χ4v) is 2.54. The van der Waals surface area contributed by atoms with Gasteiger partial charge in [-0.2, -0.15) is 5.26 Å². The van der Waals surface area contributed by atoms with Crippen LogP contribution in [0.4, 0.5) is 0 Å². The molecular formula is C13H14ClN. The molecule has 0 heterocycles. The van der Waals surface area contributed by atoms with E-state index in [4.69, 9.17) is 11.6 Å². The predicted molar refractivity (Wildman–Crippen MR) is 61.8 cm³/mol. The number of hydrogen-bond acceptors (Lipinski definition) is 1. The molecule has 0 bridgehead atoms. The van der Waals surface area contributed by atoms with Crippen LogP contribution in [0, 0.1) is 17.2 Å². The molecule has 0 unspecified atom stereocenters. The minimum atomic E-state index is 0.0600. The summed E-state index contributed by atoms with van der Waals surface area (Å²) in [4.78, 5) is 0. The summed E-state index contributed by atoms with van der Waals surface area (Å²) in [6.45, 7) is 0. The first-order chi connectivity index (χ1) is 7.31. The molecule has 1 aliphatic carbocycles. The van der Waals surface area contributed by atoms with Gasteiger partial charge in [-0.05, 0) is 36.5 Å². The van der Waals surface area contributed by atoms with Crippen molar-refractivity contribution < 1.29 is 0 Å². The number of benzene rings is 1. The van der Waals surface area contributed by atoms with Crippen LogP contribution in [0.3, 0.4) is 0 Å². The van der Waals surface area contributed by atoms with Crippen molar-refractivity contribution in [3.8, 4) is 6.07 Å². The second kappa shape index (κ2) is 4.68. The lowest BCUT2D eigenvalue weighted by atomic mass is 9.86. The molecular weight excluding hydrogens is 206 g/mol. The smallest absolute Gasteiger partial charge is 0.0740 e. The fourth-order valence-electron chi connectivity index (χ4n) is 2.41.